The van der Waals surface area contributed by atoms with E-state index in [0.717, 1.165) is 0 Å². The third-order valence-corrected chi connectivity index (χ3v) is 3.16. The fourth-order valence-corrected chi connectivity index (χ4v) is 2.08. The van der Waals surface area contributed by atoms with Gasteiger partial charge in [0.1, 0.15) is 11.9 Å². The lowest BCUT2D eigenvalue weighted by molar-refractivity contribution is -0.138. The van der Waals surface area contributed by atoms with Crippen molar-refractivity contribution in [1.82, 2.24) is 5.48 Å². The number of amides is 1. The van der Waals surface area contributed by atoms with E-state index in [9.17, 15) is 22.4 Å². The summed E-state index contributed by atoms with van der Waals surface area (Å²) in [7, 11) is 0. The number of hydroxylamine groups is 1. The maximum Gasteiger partial charge on any atom is 0.389 e. The second-order valence-electron chi connectivity index (χ2n) is 5.10. The smallest absolute Gasteiger partial charge is 0.374 e. The van der Waals surface area contributed by atoms with Gasteiger partial charge in [-0.15, -0.1) is 0 Å². The summed E-state index contributed by atoms with van der Waals surface area (Å²) >= 11 is 0. The fourth-order valence-electron chi connectivity index (χ4n) is 2.08. The highest BCUT2D eigenvalue weighted by Crippen LogP contribution is 2.24. The van der Waals surface area contributed by atoms with Gasteiger partial charge in [-0.3, -0.25) is 10.0 Å². The summed E-state index contributed by atoms with van der Waals surface area (Å²) in [5.74, 6) is -1.23. The van der Waals surface area contributed by atoms with Gasteiger partial charge in [0.2, 0.25) is 0 Å². The summed E-state index contributed by atoms with van der Waals surface area (Å²) < 4.78 is 50.0. The number of benzene rings is 1. The van der Waals surface area contributed by atoms with Crippen molar-refractivity contribution < 1.29 is 27.6 Å². The van der Waals surface area contributed by atoms with E-state index < -0.39 is 24.5 Å². The van der Waals surface area contributed by atoms with E-state index in [1.54, 1.807) is 0 Å². The number of halogens is 4. The molecule has 1 aromatic rings. The van der Waals surface area contributed by atoms with Crippen LogP contribution in [0.2, 0.25) is 0 Å². The Bertz CT molecular complexity index is 509. The quantitative estimate of drug-likeness (QED) is 0.427. The number of carbonyl (C=O) groups is 1. The van der Waals surface area contributed by atoms with Crippen LogP contribution >= 0.6 is 0 Å². The van der Waals surface area contributed by atoms with Crippen molar-refractivity contribution in [2.45, 2.75) is 45.3 Å². The van der Waals surface area contributed by atoms with Gasteiger partial charge < -0.3 is 5.32 Å². The van der Waals surface area contributed by atoms with E-state index in [0.29, 0.717) is 16.8 Å². The molecule has 1 unspecified atom stereocenters. The Morgan fingerprint density at radius 2 is 1.82 bits per heavy atom. The first-order chi connectivity index (χ1) is 10.1. The lowest BCUT2D eigenvalue weighted by Crippen LogP contribution is -2.38. The number of nitrogens with one attached hydrogen (secondary N) is 2. The molecule has 3 N–H and O–H groups in total. The molecular formula is C14H18F4N2O2. The van der Waals surface area contributed by atoms with Gasteiger partial charge >= 0.3 is 6.18 Å². The molecule has 4 nitrogen and oxygen atoms in total. The molecule has 124 valence electrons. The molecule has 0 radical (unpaired) electrons. The van der Waals surface area contributed by atoms with Gasteiger partial charge in [0.15, 0.2) is 0 Å². The molecule has 0 bridgehead atoms. The lowest BCUT2D eigenvalue weighted by Gasteiger charge is -2.19. The van der Waals surface area contributed by atoms with E-state index in [1.165, 1.54) is 31.5 Å². The predicted octanol–water partition coefficient (Wildman–Crippen LogP) is 3.46. The van der Waals surface area contributed by atoms with Crippen molar-refractivity contribution >= 4 is 11.6 Å². The van der Waals surface area contributed by atoms with E-state index >= 15 is 0 Å². The summed E-state index contributed by atoms with van der Waals surface area (Å²) in [6.45, 7) is 3.08. The first-order valence-corrected chi connectivity index (χ1v) is 6.68. The number of alkyl halides is 3. The Labute approximate surface area is 125 Å². The predicted molar refractivity (Wildman–Crippen MR) is 73.1 cm³/mol. The molecule has 0 aromatic heterocycles. The van der Waals surface area contributed by atoms with Gasteiger partial charge in [0.25, 0.3) is 5.91 Å². The third kappa shape index (κ3) is 5.51. The van der Waals surface area contributed by atoms with Crippen LogP contribution in [0.25, 0.3) is 0 Å². The number of carbonyl (C=O) groups excluding carboxylic acids is 1. The SMILES string of the molecule is Cc1cc(NC(CCCC(F)(F)F)C(=O)NO)cc(C)c1F. The number of anilines is 1. The highest BCUT2D eigenvalue weighted by molar-refractivity contribution is 5.83. The highest BCUT2D eigenvalue weighted by atomic mass is 19.4. The molecular weight excluding hydrogens is 304 g/mol. The summed E-state index contributed by atoms with van der Waals surface area (Å²) in [4.78, 5) is 11.5. The summed E-state index contributed by atoms with van der Waals surface area (Å²) in [6, 6.07) is 1.85. The van der Waals surface area contributed by atoms with Crippen LogP contribution in [0.1, 0.15) is 30.4 Å². The zero-order valence-electron chi connectivity index (χ0n) is 12.2. The van der Waals surface area contributed by atoms with Crippen molar-refractivity contribution in [3.63, 3.8) is 0 Å². The molecule has 1 aromatic carbocycles. The van der Waals surface area contributed by atoms with Gasteiger partial charge in [-0.2, -0.15) is 13.2 Å². The van der Waals surface area contributed by atoms with Crippen molar-refractivity contribution in [3.8, 4) is 0 Å². The lowest BCUT2D eigenvalue weighted by atomic mass is 10.1. The number of hydrogen-bond donors (Lipinski definition) is 3. The van der Waals surface area contributed by atoms with Crippen LogP contribution in [0.5, 0.6) is 0 Å². The van der Waals surface area contributed by atoms with Gasteiger partial charge in [0, 0.05) is 12.1 Å². The molecule has 1 atom stereocenters. The fraction of sp³-hybridized carbons (Fsp3) is 0.500. The Hall–Kier alpha value is -1.83. The van der Waals surface area contributed by atoms with Crippen molar-refractivity contribution in [2.75, 3.05) is 5.32 Å². The Morgan fingerprint density at radius 1 is 1.27 bits per heavy atom. The third-order valence-electron chi connectivity index (χ3n) is 3.16. The summed E-state index contributed by atoms with van der Waals surface area (Å²) in [6.07, 6.45) is -5.72. The van der Waals surface area contributed by atoms with Crippen LogP contribution < -0.4 is 10.8 Å². The first kappa shape index (κ1) is 18.2. The topological polar surface area (TPSA) is 61.4 Å². The Kier molecular flexibility index (Phi) is 6.16. The second kappa shape index (κ2) is 7.44. The minimum absolute atomic E-state index is 0.124. The molecule has 0 fully saturated rings. The number of rotatable bonds is 6. The van der Waals surface area contributed by atoms with Crippen LogP contribution in [-0.4, -0.2) is 23.3 Å². The van der Waals surface area contributed by atoms with Crippen LogP contribution in [0.15, 0.2) is 12.1 Å². The highest BCUT2D eigenvalue weighted by Gasteiger charge is 2.28. The second-order valence-corrected chi connectivity index (χ2v) is 5.10. The first-order valence-electron chi connectivity index (χ1n) is 6.68. The Morgan fingerprint density at radius 3 is 2.27 bits per heavy atom. The van der Waals surface area contributed by atoms with Crippen molar-refractivity contribution in [2.24, 2.45) is 0 Å². The van der Waals surface area contributed by atoms with Gasteiger partial charge in [-0.25, -0.2) is 9.87 Å². The summed E-state index contributed by atoms with van der Waals surface area (Å²) in [5.41, 5.74) is 2.51. The molecule has 22 heavy (non-hydrogen) atoms. The molecule has 1 rings (SSSR count). The minimum atomic E-state index is -4.30. The molecule has 0 heterocycles. The average molecular weight is 322 g/mol. The van der Waals surface area contributed by atoms with Gasteiger partial charge in [-0.1, -0.05) is 0 Å². The zero-order valence-corrected chi connectivity index (χ0v) is 12.2. The molecule has 8 heteroatoms. The maximum absolute atomic E-state index is 13.5. The summed E-state index contributed by atoms with van der Waals surface area (Å²) in [5, 5.41) is 11.4. The number of hydrogen-bond acceptors (Lipinski definition) is 3. The number of aryl methyl sites for hydroxylation is 2. The molecule has 0 aliphatic carbocycles. The monoisotopic (exact) mass is 322 g/mol. The molecule has 0 saturated heterocycles. The zero-order chi connectivity index (χ0) is 16.9. The van der Waals surface area contributed by atoms with E-state index in [2.05, 4.69) is 5.32 Å². The van der Waals surface area contributed by atoms with Crippen LogP contribution in [0, 0.1) is 19.7 Å². The maximum atomic E-state index is 13.5. The van der Waals surface area contributed by atoms with Crippen molar-refractivity contribution in [1.29, 1.82) is 0 Å². The average Bonchev–Trinajstić information content (AvgIpc) is 2.41. The van der Waals surface area contributed by atoms with Crippen molar-refractivity contribution in [3.05, 3.63) is 29.1 Å². The minimum Gasteiger partial charge on any atom is -0.374 e. The van der Waals surface area contributed by atoms with Crippen LogP contribution in [0.4, 0.5) is 23.2 Å². The Balaban J connectivity index is 2.79. The molecule has 0 aliphatic rings. The largest absolute Gasteiger partial charge is 0.389 e. The van der Waals surface area contributed by atoms with Crippen LogP contribution in [-0.2, 0) is 4.79 Å². The van der Waals surface area contributed by atoms with Gasteiger partial charge in [-0.05, 0) is 49.9 Å². The van der Waals surface area contributed by atoms with Crippen LogP contribution in [0.3, 0.4) is 0 Å². The van der Waals surface area contributed by atoms with E-state index in [1.807, 2.05) is 0 Å². The van der Waals surface area contributed by atoms with E-state index in [-0.39, 0.29) is 18.7 Å². The molecule has 0 saturated carbocycles. The molecule has 1 amide bonds. The van der Waals surface area contributed by atoms with Gasteiger partial charge in [0.05, 0.1) is 0 Å². The standard InChI is InChI=1S/C14H18F4N2O2/c1-8-6-10(7-9(2)12(8)15)19-11(13(21)20-22)4-3-5-14(16,17)18/h6-7,11,19,22H,3-5H2,1-2H3,(H,20,21). The molecule has 0 aliphatic heterocycles. The normalized spacial score (nSPS) is 12.9. The molecule has 0 spiro atoms. The van der Waals surface area contributed by atoms with E-state index in [4.69, 9.17) is 5.21 Å².